The van der Waals surface area contributed by atoms with Crippen LogP contribution in [0.4, 0.5) is 0 Å². The van der Waals surface area contributed by atoms with Crippen LogP contribution in [0, 0.1) is 0 Å². The fourth-order valence-electron chi connectivity index (χ4n) is 1.68. The number of nitrogens with one attached hydrogen (secondary N) is 2. The zero-order chi connectivity index (χ0) is 19.1. The average molecular weight is 527 g/mol. The Bertz CT molecular complexity index is 753. The van der Waals surface area contributed by atoms with Crippen molar-refractivity contribution in [2.24, 2.45) is 0 Å². The van der Waals surface area contributed by atoms with Crippen molar-refractivity contribution in [2.75, 3.05) is 13.2 Å². The molecule has 2 rings (SSSR count). The van der Waals surface area contributed by atoms with E-state index in [0.717, 1.165) is 8.95 Å². The molecule has 0 spiro atoms. The standard InChI is InChI=1S/C16H12Br2Cl2N2O4/c17-9-1-3-13(11(19)5-9)25-7-15(23)21-22-16(24)8-26-14-4-2-10(18)6-12(14)20/h1-6H,7-8H2,(H,21,23)(H,22,24). The van der Waals surface area contributed by atoms with Gasteiger partial charge >= 0.3 is 0 Å². The number of hydrazine groups is 1. The van der Waals surface area contributed by atoms with Crippen LogP contribution in [0.25, 0.3) is 0 Å². The molecule has 2 aromatic carbocycles. The molecular formula is C16H12Br2Cl2N2O4. The highest BCUT2D eigenvalue weighted by Crippen LogP contribution is 2.28. The van der Waals surface area contributed by atoms with Gasteiger partial charge in [-0.3, -0.25) is 20.4 Å². The second-order valence-corrected chi connectivity index (χ2v) is 7.47. The van der Waals surface area contributed by atoms with Gasteiger partial charge in [-0.1, -0.05) is 55.1 Å². The minimum atomic E-state index is -0.556. The highest BCUT2D eigenvalue weighted by atomic mass is 79.9. The van der Waals surface area contributed by atoms with Crippen LogP contribution in [0.15, 0.2) is 45.3 Å². The Balaban J connectivity index is 1.72. The molecule has 138 valence electrons. The van der Waals surface area contributed by atoms with Crippen LogP contribution in [0.3, 0.4) is 0 Å². The molecule has 0 atom stereocenters. The summed E-state index contributed by atoms with van der Waals surface area (Å²) < 4.78 is 12.1. The molecule has 2 amide bonds. The first-order valence-electron chi connectivity index (χ1n) is 7.08. The lowest BCUT2D eigenvalue weighted by atomic mass is 10.3. The summed E-state index contributed by atoms with van der Waals surface area (Å²) in [6, 6.07) is 9.97. The number of benzene rings is 2. The van der Waals surface area contributed by atoms with Gasteiger partial charge in [0.25, 0.3) is 11.8 Å². The monoisotopic (exact) mass is 524 g/mol. The van der Waals surface area contributed by atoms with Crippen LogP contribution < -0.4 is 20.3 Å². The number of halogens is 4. The third kappa shape index (κ3) is 6.68. The van der Waals surface area contributed by atoms with Crippen LogP contribution in [0.2, 0.25) is 10.0 Å². The molecule has 0 aromatic heterocycles. The average Bonchev–Trinajstić information content (AvgIpc) is 2.58. The fraction of sp³-hybridized carbons (Fsp3) is 0.125. The number of hydrogen-bond donors (Lipinski definition) is 2. The molecule has 0 heterocycles. The van der Waals surface area contributed by atoms with E-state index in [1.807, 2.05) is 0 Å². The fourth-order valence-corrected chi connectivity index (χ4v) is 3.14. The van der Waals surface area contributed by atoms with Gasteiger partial charge in [-0.25, -0.2) is 0 Å². The summed E-state index contributed by atoms with van der Waals surface area (Å²) in [5, 5.41) is 0.715. The molecule has 0 radical (unpaired) electrons. The normalized spacial score (nSPS) is 10.2. The van der Waals surface area contributed by atoms with Crippen molar-refractivity contribution < 1.29 is 19.1 Å². The summed E-state index contributed by atoms with van der Waals surface area (Å²) in [7, 11) is 0. The highest BCUT2D eigenvalue weighted by Gasteiger charge is 2.09. The van der Waals surface area contributed by atoms with Gasteiger partial charge in [-0.05, 0) is 36.4 Å². The van der Waals surface area contributed by atoms with E-state index < -0.39 is 11.8 Å². The Morgan fingerprint density at radius 3 is 1.54 bits per heavy atom. The molecule has 0 aliphatic rings. The van der Waals surface area contributed by atoms with E-state index >= 15 is 0 Å². The van der Waals surface area contributed by atoms with Gasteiger partial charge in [-0.2, -0.15) is 0 Å². The van der Waals surface area contributed by atoms with E-state index in [0.29, 0.717) is 21.5 Å². The molecule has 0 saturated heterocycles. The second kappa shape index (κ2) is 10.0. The Kier molecular flexibility index (Phi) is 8.02. The lowest BCUT2D eigenvalue weighted by molar-refractivity contribution is -0.131. The Labute approximate surface area is 176 Å². The molecule has 6 nitrogen and oxygen atoms in total. The molecule has 0 aliphatic heterocycles. The minimum Gasteiger partial charge on any atom is -0.482 e. The van der Waals surface area contributed by atoms with Crippen LogP contribution >= 0.6 is 55.1 Å². The number of rotatable bonds is 6. The third-order valence-electron chi connectivity index (χ3n) is 2.85. The van der Waals surface area contributed by atoms with E-state index in [1.54, 1.807) is 36.4 Å². The number of ether oxygens (including phenoxy) is 2. The van der Waals surface area contributed by atoms with Crippen molar-refractivity contribution in [1.29, 1.82) is 0 Å². The maximum atomic E-state index is 11.7. The molecule has 26 heavy (non-hydrogen) atoms. The second-order valence-electron chi connectivity index (χ2n) is 4.82. The number of hydrogen-bond acceptors (Lipinski definition) is 4. The van der Waals surface area contributed by atoms with Crippen molar-refractivity contribution in [2.45, 2.75) is 0 Å². The Hall–Kier alpha value is -1.48. The summed E-state index contributed by atoms with van der Waals surface area (Å²) in [5.41, 5.74) is 4.41. The van der Waals surface area contributed by atoms with Gasteiger partial charge in [0.2, 0.25) is 0 Å². The predicted octanol–water partition coefficient (Wildman–Crippen LogP) is 4.12. The van der Waals surface area contributed by atoms with Crippen molar-refractivity contribution in [1.82, 2.24) is 10.9 Å². The molecule has 0 aliphatic carbocycles. The van der Waals surface area contributed by atoms with Gasteiger partial charge in [0, 0.05) is 8.95 Å². The highest BCUT2D eigenvalue weighted by molar-refractivity contribution is 9.10. The first-order chi connectivity index (χ1) is 12.3. The van der Waals surface area contributed by atoms with E-state index in [9.17, 15) is 9.59 Å². The van der Waals surface area contributed by atoms with Crippen LogP contribution in [-0.2, 0) is 9.59 Å². The van der Waals surface area contributed by atoms with Gasteiger partial charge in [0.05, 0.1) is 10.0 Å². The van der Waals surface area contributed by atoms with Gasteiger partial charge < -0.3 is 9.47 Å². The maximum Gasteiger partial charge on any atom is 0.276 e. The summed E-state index contributed by atoms with van der Waals surface area (Å²) in [5.74, 6) is -0.410. The minimum absolute atomic E-state index is 0.318. The zero-order valence-corrected chi connectivity index (χ0v) is 17.7. The molecule has 2 aromatic rings. The van der Waals surface area contributed by atoms with Gasteiger partial charge in [0.1, 0.15) is 11.5 Å². The first-order valence-corrected chi connectivity index (χ1v) is 9.42. The summed E-state index contributed by atoms with van der Waals surface area (Å²) in [6.45, 7) is -0.637. The van der Waals surface area contributed by atoms with Crippen LogP contribution in [0.5, 0.6) is 11.5 Å². The quantitative estimate of drug-likeness (QED) is 0.555. The van der Waals surface area contributed by atoms with Crippen molar-refractivity contribution in [3.05, 3.63) is 55.4 Å². The maximum absolute atomic E-state index is 11.7. The van der Waals surface area contributed by atoms with Crippen molar-refractivity contribution >= 4 is 66.9 Å². The molecular weight excluding hydrogens is 515 g/mol. The molecule has 0 bridgehead atoms. The molecule has 2 N–H and O–H groups in total. The smallest absolute Gasteiger partial charge is 0.276 e. The molecule has 0 unspecified atom stereocenters. The Morgan fingerprint density at radius 1 is 0.808 bits per heavy atom. The van der Waals surface area contributed by atoms with Gasteiger partial charge in [-0.15, -0.1) is 0 Å². The molecule has 10 heteroatoms. The van der Waals surface area contributed by atoms with Crippen molar-refractivity contribution in [3.63, 3.8) is 0 Å². The van der Waals surface area contributed by atoms with Crippen molar-refractivity contribution in [3.8, 4) is 11.5 Å². The third-order valence-corrected chi connectivity index (χ3v) is 4.42. The summed E-state index contributed by atoms with van der Waals surface area (Å²) >= 11 is 18.5. The number of amides is 2. The topological polar surface area (TPSA) is 76.7 Å². The lowest BCUT2D eigenvalue weighted by Gasteiger charge is -2.11. The zero-order valence-electron chi connectivity index (χ0n) is 13.0. The largest absolute Gasteiger partial charge is 0.482 e. The SMILES string of the molecule is O=C(COc1ccc(Br)cc1Cl)NNC(=O)COc1ccc(Br)cc1Cl. The first kappa shape index (κ1) is 20.8. The van der Waals surface area contributed by atoms with E-state index in [2.05, 4.69) is 42.7 Å². The van der Waals surface area contributed by atoms with E-state index in [1.165, 1.54) is 0 Å². The van der Waals surface area contributed by atoms with Crippen LogP contribution in [0.1, 0.15) is 0 Å². The lowest BCUT2D eigenvalue weighted by Crippen LogP contribution is -2.45. The number of carbonyl (C=O) groups excluding carboxylic acids is 2. The van der Waals surface area contributed by atoms with Crippen LogP contribution in [-0.4, -0.2) is 25.0 Å². The molecule has 0 fully saturated rings. The van der Waals surface area contributed by atoms with E-state index in [4.69, 9.17) is 32.7 Å². The summed E-state index contributed by atoms with van der Waals surface area (Å²) in [6.07, 6.45) is 0. The molecule has 0 saturated carbocycles. The Morgan fingerprint density at radius 2 is 1.19 bits per heavy atom. The van der Waals surface area contributed by atoms with Gasteiger partial charge in [0.15, 0.2) is 13.2 Å². The predicted molar refractivity (Wildman–Crippen MR) is 106 cm³/mol. The number of carbonyl (C=O) groups is 2. The van der Waals surface area contributed by atoms with E-state index in [-0.39, 0.29) is 13.2 Å². The summed E-state index contributed by atoms with van der Waals surface area (Å²) in [4.78, 5) is 23.4.